The number of rotatable bonds is 1. The Kier molecular flexibility index (Phi) is 3.42. The molecule has 2 aliphatic rings. The summed E-state index contributed by atoms with van der Waals surface area (Å²) in [6.45, 7) is 6.11. The maximum atomic E-state index is 9.64. The van der Waals surface area contributed by atoms with Crippen LogP contribution in [0.1, 0.15) is 26.2 Å². The van der Waals surface area contributed by atoms with E-state index < -0.39 is 0 Å². The number of aliphatic hydroxyl groups is 1. The molecule has 0 aliphatic carbocycles. The number of nitrogens with zero attached hydrogens (tertiary/aromatic N) is 1. The van der Waals surface area contributed by atoms with Gasteiger partial charge in [-0.15, -0.1) is 0 Å². The van der Waals surface area contributed by atoms with Gasteiger partial charge in [-0.3, -0.25) is 4.90 Å². The third-order valence-corrected chi connectivity index (χ3v) is 3.60. The summed E-state index contributed by atoms with van der Waals surface area (Å²) in [4.78, 5) is 2.54. The topological polar surface area (TPSA) is 32.7 Å². The highest BCUT2D eigenvalue weighted by atomic mass is 16.5. The van der Waals surface area contributed by atoms with Crippen LogP contribution in [0.3, 0.4) is 0 Å². The molecule has 2 fully saturated rings. The first-order valence-electron chi connectivity index (χ1n) is 5.77. The number of aliphatic hydroxyl groups excluding tert-OH is 1. The summed E-state index contributed by atoms with van der Waals surface area (Å²) in [5, 5.41) is 9.64. The number of hydrogen-bond acceptors (Lipinski definition) is 3. The molecular weight excluding hydrogens is 178 g/mol. The lowest BCUT2D eigenvalue weighted by molar-refractivity contribution is -0.0173. The predicted molar refractivity (Wildman–Crippen MR) is 55.2 cm³/mol. The number of piperidine rings is 1. The first-order chi connectivity index (χ1) is 6.77. The van der Waals surface area contributed by atoms with Gasteiger partial charge in [0.1, 0.15) is 0 Å². The van der Waals surface area contributed by atoms with Crippen molar-refractivity contribution in [1.82, 2.24) is 4.90 Å². The van der Waals surface area contributed by atoms with Gasteiger partial charge in [-0.05, 0) is 25.2 Å². The van der Waals surface area contributed by atoms with Gasteiger partial charge in [-0.1, -0.05) is 6.92 Å². The quantitative estimate of drug-likeness (QED) is 0.680. The van der Waals surface area contributed by atoms with Crippen molar-refractivity contribution in [2.45, 2.75) is 38.3 Å². The molecule has 82 valence electrons. The lowest BCUT2D eigenvalue weighted by atomic mass is 9.94. The van der Waals surface area contributed by atoms with Crippen LogP contribution in [0.5, 0.6) is 0 Å². The van der Waals surface area contributed by atoms with Crippen LogP contribution in [0.2, 0.25) is 0 Å². The Labute approximate surface area is 86.0 Å². The molecule has 1 N–H and O–H groups in total. The zero-order chi connectivity index (χ0) is 9.97. The van der Waals surface area contributed by atoms with E-state index in [1.165, 1.54) is 12.8 Å². The van der Waals surface area contributed by atoms with Crippen molar-refractivity contribution in [3.05, 3.63) is 0 Å². The Morgan fingerprint density at radius 1 is 1.21 bits per heavy atom. The van der Waals surface area contributed by atoms with Crippen LogP contribution in [-0.4, -0.2) is 48.5 Å². The van der Waals surface area contributed by atoms with E-state index in [0.29, 0.717) is 12.0 Å². The molecule has 2 saturated heterocycles. The minimum atomic E-state index is -0.0777. The molecule has 2 heterocycles. The van der Waals surface area contributed by atoms with Crippen molar-refractivity contribution < 1.29 is 9.84 Å². The van der Waals surface area contributed by atoms with Crippen molar-refractivity contribution in [2.24, 2.45) is 5.92 Å². The zero-order valence-corrected chi connectivity index (χ0v) is 8.98. The van der Waals surface area contributed by atoms with E-state index >= 15 is 0 Å². The lowest BCUT2D eigenvalue weighted by Crippen LogP contribution is -2.48. The van der Waals surface area contributed by atoms with E-state index in [2.05, 4.69) is 11.8 Å². The molecule has 2 unspecified atom stereocenters. The largest absolute Gasteiger partial charge is 0.393 e. The average Bonchev–Trinajstić information content (AvgIpc) is 2.23. The molecule has 0 aromatic carbocycles. The molecule has 0 bridgehead atoms. The van der Waals surface area contributed by atoms with Crippen molar-refractivity contribution in [3.8, 4) is 0 Å². The van der Waals surface area contributed by atoms with Crippen molar-refractivity contribution in [2.75, 3.05) is 26.3 Å². The summed E-state index contributed by atoms with van der Waals surface area (Å²) in [5.41, 5.74) is 0. The Hall–Kier alpha value is -0.120. The monoisotopic (exact) mass is 199 g/mol. The van der Waals surface area contributed by atoms with E-state index in [4.69, 9.17) is 4.74 Å². The van der Waals surface area contributed by atoms with E-state index in [1.807, 2.05) is 0 Å². The van der Waals surface area contributed by atoms with Crippen LogP contribution in [0.25, 0.3) is 0 Å². The van der Waals surface area contributed by atoms with Crippen LogP contribution < -0.4 is 0 Å². The fourth-order valence-electron chi connectivity index (χ4n) is 2.55. The molecule has 3 nitrogen and oxygen atoms in total. The van der Waals surface area contributed by atoms with Gasteiger partial charge < -0.3 is 9.84 Å². The van der Waals surface area contributed by atoms with E-state index in [1.54, 1.807) is 0 Å². The van der Waals surface area contributed by atoms with Crippen LogP contribution in [0.4, 0.5) is 0 Å². The van der Waals surface area contributed by atoms with Crippen LogP contribution in [0, 0.1) is 5.92 Å². The summed E-state index contributed by atoms with van der Waals surface area (Å²) >= 11 is 0. The third kappa shape index (κ3) is 2.27. The fraction of sp³-hybridized carbons (Fsp3) is 1.00. The Balaban J connectivity index is 1.85. The van der Waals surface area contributed by atoms with Crippen molar-refractivity contribution in [3.63, 3.8) is 0 Å². The van der Waals surface area contributed by atoms with Crippen molar-refractivity contribution >= 4 is 0 Å². The Morgan fingerprint density at radius 2 is 1.93 bits per heavy atom. The van der Waals surface area contributed by atoms with Crippen LogP contribution in [0.15, 0.2) is 0 Å². The number of hydrogen-bond donors (Lipinski definition) is 1. The number of likely N-dealkylation sites (tertiary alicyclic amines) is 1. The summed E-state index contributed by atoms with van der Waals surface area (Å²) in [5.74, 6) is 0.437. The predicted octanol–water partition coefficient (Wildman–Crippen LogP) is 0.868. The van der Waals surface area contributed by atoms with Gasteiger partial charge in [-0.2, -0.15) is 0 Å². The van der Waals surface area contributed by atoms with Gasteiger partial charge >= 0.3 is 0 Å². The van der Waals surface area contributed by atoms with Gasteiger partial charge in [0.05, 0.1) is 6.10 Å². The van der Waals surface area contributed by atoms with Crippen LogP contribution >= 0.6 is 0 Å². The molecule has 2 rings (SSSR count). The zero-order valence-electron chi connectivity index (χ0n) is 8.98. The molecule has 0 radical (unpaired) electrons. The third-order valence-electron chi connectivity index (χ3n) is 3.60. The number of ether oxygens (including phenoxy) is 1. The maximum absolute atomic E-state index is 9.64. The minimum Gasteiger partial charge on any atom is -0.393 e. The van der Waals surface area contributed by atoms with Gasteiger partial charge in [-0.25, -0.2) is 0 Å². The highest BCUT2D eigenvalue weighted by Gasteiger charge is 2.29. The van der Waals surface area contributed by atoms with E-state index in [9.17, 15) is 5.11 Å². The molecule has 14 heavy (non-hydrogen) atoms. The Morgan fingerprint density at radius 3 is 2.57 bits per heavy atom. The molecule has 0 amide bonds. The standard InChI is InChI=1S/C11H21NO2/c1-9-8-12(5-2-11(9)13)10-3-6-14-7-4-10/h9-11,13H,2-8H2,1H3. The molecule has 0 saturated carbocycles. The molecule has 2 atom stereocenters. The normalized spacial score (nSPS) is 37.3. The van der Waals surface area contributed by atoms with E-state index in [0.717, 1.165) is 32.7 Å². The maximum Gasteiger partial charge on any atom is 0.0590 e. The SMILES string of the molecule is CC1CN(C2CCOCC2)CCC1O. The van der Waals surface area contributed by atoms with Gasteiger partial charge in [0, 0.05) is 32.3 Å². The molecule has 2 aliphatic heterocycles. The summed E-state index contributed by atoms with van der Waals surface area (Å²) in [7, 11) is 0. The fourth-order valence-corrected chi connectivity index (χ4v) is 2.55. The summed E-state index contributed by atoms with van der Waals surface area (Å²) in [6.07, 6.45) is 3.20. The van der Waals surface area contributed by atoms with E-state index in [-0.39, 0.29) is 6.10 Å². The molecular formula is C11H21NO2. The summed E-state index contributed by atoms with van der Waals surface area (Å²) in [6, 6.07) is 0.707. The minimum absolute atomic E-state index is 0.0777. The molecule has 0 spiro atoms. The molecule has 0 aromatic heterocycles. The average molecular weight is 199 g/mol. The van der Waals surface area contributed by atoms with Gasteiger partial charge in [0.2, 0.25) is 0 Å². The second-order valence-electron chi connectivity index (χ2n) is 4.67. The second kappa shape index (κ2) is 4.60. The first-order valence-corrected chi connectivity index (χ1v) is 5.77. The Bertz CT molecular complexity index is 180. The van der Waals surface area contributed by atoms with Gasteiger partial charge in [0.15, 0.2) is 0 Å². The van der Waals surface area contributed by atoms with Crippen LogP contribution in [-0.2, 0) is 4.74 Å². The molecule has 0 aromatic rings. The highest BCUT2D eigenvalue weighted by molar-refractivity contribution is 4.83. The summed E-state index contributed by atoms with van der Waals surface area (Å²) < 4.78 is 5.36. The lowest BCUT2D eigenvalue weighted by Gasteiger charge is -2.40. The second-order valence-corrected chi connectivity index (χ2v) is 4.67. The highest BCUT2D eigenvalue weighted by Crippen LogP contribution is 2.22. The molecule has 3 heteroatoms. The smallest absolute Gasteiger partial charge is 0.0590 e. The van der Waals surface area contributed by atoms with Gasteiger partial charge in [0.25, 0.3) is 0 Å². The van der Waals surface area contributed by atoms with Crippen molar-refractivity contribution in [1.29, 1.82) is 0 Å². The first kappa shape index (κ1) is 10.4.